The van der Waals surface area contributed by atoms with Crippen LogP contribution in [0, 0.1) is 26.2 Å². The standard InChI is InChI=1S/C22H28/c1-7-17-10-18-12-22(5,6)13-21(18)20(11-17)19-9-15(3)14(2)8-16(19)4/h8-11H,7,12-13H2,1-6H3. The molecule has 2 aromatic rings. The van der Waals surface area contributed by atoms with Crippen LogP contribution >= 0.6 is 0 Å². The van der Waals surface area contributed by atoms with Crippen molar-refractivity contribution in [1.29, 1.82) is 0 Å². The first kappa shape index (κ1) is 15.3. The summed E-state index contributed by atoms with van der Waals surface area (Å²) in [5, 5.41) is 0. The Morgan fingerprint density at radius 3 is 2.18 bits per heavy atom. The van der Waals surface area contributed by atoms with Gasteiger partial charge in [0.1, 0.15) is 0 Å². The van der Waals surface area contributed by atoms with E-state index in [1.54, 1.807) is 11.1 Å². The zero-order chi connectivity index (χ0) is 16.1. The molecule has 0 heterocycles. The molecule has 116 valence electrons. The Morgan fingerprint density at radius 1 is 0.818 bits per heavy atom. The number of rotatable bonds is 2. The first-order chi connectivity index (χ1) is 10.3. The van der Waals surface area contributed by atoms with Gasteiger partial charge in [-0.25, -0.2) is 0 Å². The van der Waals surface area contributed by atoms with Gasteiger partial charge in [0.05, 0.1) is 0 Å². The molecule has 0 aromatic heterocycles. The normalized spacial score (nSPS) is 15.9. The molecule has 1 aliphatic carbocycles. The van der Waals surface area contributed by atoms with E-state index in [1.165, 1.54) is 46.2 Å². The SMILES string of the molecule is CCc1cc2c(c(-c3cc(C)c(C)cc3C)c1)CC(C)(C)C2. The molecule has 22 heavy (non-hydrogen) atoms. The van der Waals surface area contributed by atoms with Crippen molar-refractivity contribution in [3.05, 3.63) is 57.6 Å². The summed E-state index contributed by atoms with van der Waals surface area (Å²) in [5.41, 5.74) is 12.2. The van der Waals surface area contributed by atoms with E-state index >= 15 is 0 Å². The molecule has 0 fully saturated rings. The molecule has 0 bridgehead atoms. The van der Waals surface area contributed by atoms with Crippen molar-refractivity contribution in [3.63, 3.8) is 0 Å². The fourth-order valence-electron chi connectivity index (χ4n) is 3.92. The molecule has 0 heteroatoms. The molecule has 0 N–H and O–H groups in total. The topological polar surface area (TPSA) is 0 Å². The minimum absolute atomic E-state index is 0.400. The molecular formula is C22H28. The lowest BCUT2D eigenvalue weighted by molar-refractivity contribution is 0.393. The van der Waals surface area contributed by atoms with E-state index < -0.39 is 0 Å². The molecule has 0 atom stereocenters. The third-order valence-electron chi connectivity index (χ3n) is 5.27. The summed E-state index contributed by atoms with van der Waals surface area (Å²) >= 11 is 0. The fourth-order valence-corrected chi connectivity index (χ4v) is 3.92. The van der Waals surface area contributed by atoms with E-state index in [1.807, 2.05) is 0 Å². The van der Waals surface area contributed by atoms with Gasteiger partial charge in [0.15, 0.2) is 0 Å². The van der Waals surface area contributed by atoms with Crippen LogP contribution in [-0.2, 0) is 19.3 Å². The monoisotopic (exact) mass is 292 g/mol. The van der Waals surface area contributed by atoms with Crippen LogP contribution in [0.4, 0.5) is 0 Å². The average Bonchev–Trinajstić information content (AvgIpc) is 2.75. The molecule has 0 aliphatic heterocycles. The maximum atomic E-state index is 2.45. The van der Waals surface area contributed by atoms with Crippen molar-refractivity contribution in [3.8, 4) is 11.1 Å². The number of hydrogen-bond acceptors (Lipinski definition) is 0. The van der Waals surface area contributed by atoms with Crippen LogP contribution in [0.2, 0.25) is 0 Å². The molecule has 0 radical (unpaired) electrons. The first-order valence-corrected chi connectivity index (χ1v) is 8.53. The highest BCUT2D eigenvalue weighted by atomic mass is 14.3. The summed E-state index contributed by atoms with van der Waals surface area (Å²) < 4.78 is 0. The summed E-state index contributed by atoms with van der Waals surface area (Å²) in [6, 6.07) is 9.63. The number of hydrogen-bond donors (Lipinski definition) is 0. The molecular weight excluding hydrogens is 264 g/mol. The second kappa shape index (κ2) is 5.26. The van der Waals surface area contributed by atoms with E-state index in [4.69, 9.17) is 0 Å². The number of benzene rings is 2. The van der Waals surface area contributed by atoms with Crippen molar-refractivity contribution in [2.75, 3.05) is 0 Å². The average molecular weight is 292 g/mol. The van der Waals surface area contributed by atoms with Crippen molar-refractivity contribution >= 4 is 0 Å². The fraction of sp³-hybridized carbons (Fsp3) is 0.455. The molecule has 1 aliphatic rings. The van der Waals surface area contributed by atoms with Gasteiger partial charge in [-0.1, -0.05) is 45.0 Å². The second-order valence-corrected chi connectivity index (χ2v) is 7.90. The van der Waals surface area contributed by atoms with Crippen LogP contribution in [-0.4, -0.2) is 0 Å². The smallest absolute Gasteiger partial charge is 0.0143 e. The summed E-state index contributed by atoms with van der Waals surface area (Å²) in [5.74, 6) is 0. The van der Waals surface area contributed by atoms with E-state index in [2.05, 4.69) is 65.8 Å². The van der Waals surface area contributed by atoms with Gasteiger partial charge in [-0.2, -0.15) is 0 Å². The maximum absolute atomic E-state index is 2.45. The lowest BCUT2D eigenvalue weighted by Gasteiger charge is -2.17. The molecule has 0 unspecified atom stereocenters. The molecule has 0 amide bonds. The third kappa shape index (κ3) is 2.60. The lowest BCUT2D eigenvalue weighted by Crippen LogP contribution is -2.09. The van der Waals surface area contributed by atoms with Gasteiger partial charge in [0.2, 0.25) is 0 Å². The van der Waals surface area contributed by atoms with Crippen LogP contribution in [0.3, 0.4) is 0 Å². The maximum Gasteiger partial charge on any atom is -0.0143 e. The van der Waals surface area contributed by atoms with Crippen molar-refractivity contribution in [2.45, 2.75) is 60.8 Å². The zero-order valence-electron chi connectivity index (χ0n) is 14.9. The summed E-state index contributed by atoms with van der Waals surface area (Å²) in [4.78, 5) is 0. The Kier molecular flexibility index (Phi) is 3.67. The van der Waals surface area contributed by atoms with Crippen LogP contribution in [0.15, 0.2) is 24.3 Å². The molecule has 0 spiro atoms. The predicted molar refractivity (Wildman–Crippen MR) is 96.7 cm³/mol. The van der Waals surface area contributed by atoms with E-state index in [-0.39, 0.29) is 0 Å². The Balaban J connectivity index is 2.24. The summed E-state index contributed by atoms with van der Waals surface area (Å²) in [6.45, 7) is 13.8. The minimum Gasteiger partial charge on any atom is -0.0613 e. The van der Waals surface area contributed by atoms with Crippen LogP contribution in [0.5, 0.6) is 0 Å². The van der Waals surface area contributed by atoms with Gasteiger partial charge in [0.25, 0.3) is 0 Å². The molecule has 2 aromatic carbocycles. The summed E-state index contributed by atoms with van der Waals surface area (Å²) in [7, 11) is 0. The zero-order valence-corrected chi connectivity index (χ0v) is 14.9. The predicted octanol–water partition coefficient (Wildman–Crippen LogP) is 5.97. The highest BCUT2D eigenvalue weighted by Crippen LogP contribution is 2.43. The van der Waals surface area contributed by atoms with Crippen molar-refractivity contribution in [1.82, 2.24) is 0 Å². The van der Waals surface area contributed by atoms with Gasteiger partial charge >= 0.3 is 0 Å². The van der Waals surface area contributed by atoms with Gasteiger partial charge in [0, 0.05) is 0 Å². The van der Waals surface area contributed by atoms with Crippen LogP contribution in [0.25, 0.3) is 11.1 Å². The summed E-state index contributed by atoms with van der Waals surface area (Å²) in [6.07, 6.45) is 3.53. The van der Waals surface area contributed by atoms with Crippen LogP contribution in [0.1, 0.15) is 54.2 Å². The third-order valence-corrected chi connectivity index (χ3v) is 5.27. The molecule has 0 saturated carbocycles. The molecule has 0 nitrogen and oxygen atoms in total. The Morgan fingerprint density at radius 2 is 1.50 bits per heavy atom. The Labute approximate surface area is 135 Å². The van der Waals surface area contributed by atoms with Gasteiger partial charge in [-0.3, -0.25) is 0 Å². The lowest BCUT2D eigenvalue weighted by atomic mass is 9.87. The highest BCUT2D eigenvalue weighted by molar-refractivity contribution is 5.74. The number of fused-ring (bicyclic) bond motifs is 1. The van der Waals surface area contributed by atoms with Crippen molar-refractivity contribution < 1.29 is 0 Å². The molecule has 3 rings (SSSR count). The van der Waals surface area contributed by atoms with Crippen LogP contribution < -0.4 is 0 Å². The second-order valence-electron chi connectivity index (χ2n) is 7.90. The molecule has 0 saturated heterocycles. The van der Waals surface area contributed by atoms with Gasteiger partial charge < -0.3 is 0 Å². The minimum atomic E-state index is 0.400. The van der Waals surface area contributed by atoms with E-state index in [0.717, 1.165) is 6.42 Å². The van der Waals surface area contributed by atoms with E-state index in [0.29, 0.717) is 5.41 Å². The van der Waals surface area contributed by atoms with Gasteiger partial charge in [-0.05, 0) is 90.0 Å². The largest absolute Gasteiger partial charge is 0.0613 e. The highest BCUT2D eigenvalue weighted by Gasteiger charge is 2.31. The van der Waals surface area contributed by atoms with Crippen molar-refractivity contribution in [2.24, 2.45) is 5.41 Å². The quantitative estimate of drug-likeness (QED) is 0.640. The number of aryl methyl sites for hydroxylation is 4. The Hall–Kier alpha value is -1.56. The Bertz CT molecular complexity index is 732. The first-order valence-electron chi connectivity index (χ1n) is 8.53. The van der Waals surface area contributed by atoms with E-state index in [9.17, 15) is 0 Å². The van der Waals surface area contributed by atoms with Gasteiger partial charge in [-0.15, -0.1) is 0 Å².